The number of benzene rings is 1. The normalized spacial score (nSPS) is 10.7. The number of carbonyl (C=O) groups excluding carboxylic acids is 2. The van der Waals surface area contributed by atoms with Crippen LogP contribution in [0.2, 0.25) is 0 Å². The van der Waals surface area contributed by atoms with Gasteiger partial charge in [0.2, 0.25) is 5.91 Å². The minimum Gasteiger partial charge on any atom is -0.385 e. The molecule has 0 aliphatic rings. The van der Waals surface area contributed by atoms with Gasteiger partial charge in [0.15, 0.2) is 0 Å². The lowest BCUT2D eigenvalue weighted by Crippen LogP contribution is -2.25. The highest BCUT2D eigenvalue weighted by Crippen LogP contribution is 2.12. The molecule has 1 aromatic heterocycles. The number of nitrogens with one attached hydrogen (secondary N) is 2. The summed E-state index contributed by atoms with van der Waals surface area (Å²) in [7, 11) is 1.63. The van der Waals surface area contributed by atoms with Gasteiger partial charge in [-0.3, -0.25) is 9.59 Å². The fourth-order valence-corrected chi connectivity index (χ4v) is 2.57. The first-order valence-electron chi connectivity index (χ1n) is 7.59. The summed E-state index contributed by atoms with van der Waals surface area (Å²) in [6, 6.07) is 10.7. The standard InChI is InChI=1S/C18H20N2O3S/c1-23-12-3-11-19-18(22)14-5-7-15(8-6-14)20-17(21)10-9-16-4-2-13-24-16/h2,4-10,13H,3,11-12H2,1H3,(H,19,22)(H,20,21)/b10-9+. The number of amides is 2. The highest BCUT2D eigenvalue weighted by Gasteiger charge is 2.05. The number of methoxy groups -OCH3 is 1. The molecule has 0 fully saturated rings. The van der Waals surface area contributed by atoms with E-state index < -0.39 is 0 Å². The lowest BCUT2D eigenvalue weighted by Gasteiger charge is -2.06. The van der Waals surface area contributed by atoms with Gasteiger partial charge in [0.25, 0.3) is 5.91 Å². The molecule has 1 heterocycles. The minimum atomic E-state index is -0.208. The van der Waals surface area contributed by atoms with E-state index >= 15 is 0 Å². The van der Waals surface area contributed by atoms with Crippen LogP contribution in [0.1, 0.15) is 21.7 Å². The van der Waals surface area contributed by atoms with E-state index in [9.17, 15) is 9.59 Å². The Labute approximate surface area is 145 Å². The van der Waals surface area contributed by atoms with Crippen molar-refractivity contribution in [3.63, 3.8) is 0 Å². The first kappa shape index (κ1) is 17.9. The van der Waals surface area contributed by atoms with E-state index in [-0.39, 0.29) is 11.8 Å². The van der Waals surface area contributed by atoms with Gasteiger partial charge in [-0.05, 0) is 48.2 Å². The molecule has 0 radical (unpaired) electrons. The summed E-state index contributed by atoms with van der Waals surface area (Å²) in [5.74, 6) is -0.346. The molecule has 2 amide bonds. The Balaban J connectivity index is 1.83. The van der Waals surface area contributed by atoms with Gasteiger partial charge in [-0.15, -0.1) is 11.3 Å². The van der Waals surface area contributed by atoms with Crippen molar-refractivity contribution in [3.05, 3.63) is 58.3 Å². The largest absolute Gasteiger partial charge is 0.385 e. The molecule has 0 atom stereocenters. The van der Waals surface area contributed by atoms with Crippen LogP contribution in [0.3, 0.4) is 0 Å². The maximum atomic E-state index is 11.9. The summed E-state index contributed by atoms with van der Waals surface area (Å²) in [6.07, 6.45) is 4.02. The van der Waals surface area contributed by atoms with Gasteiger partial charge in [-0.2, -0.15) is 0 Å². The zero-order chi connectivity index (χ0) is 17.2. The first-order valence-corrected chi connectivity index (χ1v) is 8.47. The minimum absolute atomic E-state index is 0.137. The van der Waals surface area contributed by atoms with Crippen molar-refractivity contribution in [2.24, 2.45) is 0 Å². The first-order chi connectivity index (χ1) is 11.7. The Bertz CT molecular complexity index is 679. The van der Waals surface area contributed by atoms with E-state index in [0.29, 0.717) is 24.4 Å². The van der Waals surface area contributed by atoms with Gasteiger partial charge in [0.05, 0.1) is 0 Å². The van der Waals surface area contributed by atoms with E-state index in [1.165, 1.54) is 6.08 Å². The summed E-state index contributed by atoms with van der Waals surface area (Å²) >= 11 is 1.57. The van der Waals surface area contributed by atoms with Crippen molar-refractivity contribution in [1.29, 1.82) is 0 Å². The fourth-order valence-electron chi connectivity index (χ4n) is 1.95. The Kier molecular flexibility index (Phi) is 7.20. The van der Waals surface area contributed by atoms with Crippen LogP contribution in [0.4, 0.5) is 5.69 Å². The number of thiophene rings is 1. The van der Waals surface area contributed by atoms with E-state index in [2.05, 4.69) is 10.6 Å². The molecule has 24 heavy (non-hydrogen) atoms. The van der Waals surface area contributed by atoms with E-state index in [1.807, 2.05) is 17.5 Å². The molecular formula is C18H20N2O3S. The zero-order valence-corrected chi connectivity index (χ0v) is 14.3. The third-order valence-electron chi connectivity index (χ3n) is 3.17. The van der Waals surface area contributed by atoms with Gasteiger partial charge >= 0.3 is 0 Å². The topological polar surface area (TPSA) is 67.4 Å². The molecule has 2 rings (SSSR count). The van der Waals surface area contributed by atoms with E-state index in [1.54, 1.807) is 48.8 Å². The second kappa shape index (κ2) is 9.64. The molecule has 0 unspecified atom stereocenters. The second-order valence-electron chi connectivity index (χ2n) is 5.02. The smallest absolute Gasteiger partial charge is 0.251 e. The molecule has 0 aliphatic heterocycles. The quantitative estimate of drug-likeness (QED) is 0.571. The SMILES string of the molecule is COCCCNC(=O)c1ccc(NC(=O)/C=C/c2cccs2)cc1. The summed E-state index contributed by atoms with van der Waals surface area (Å²) in [5.41, 5.74) is 1.20. The van der Waals surface area contributed by atoms with Crippen molar-refractivity contribution < 1.29 is 14.3 Å². The van der Waals surface area contributed by atoms with Crippen molar-refractivity contribution in [3.8, 4) is 0 Å². The number of carbonyl (C=O) groups is 2. The second-order valence-corrected chi connectivity index (χ2v) is 6.00. The van der Waals surface area contributed by atoms with Gasteiger partial charge in [-0.1, -0.05) is 6.07 Å². The monoisotopic (exact) mass is 344 g/mol. The zero-order valence-electron chi connectivity index (χ0n) is 13.5. The molecule has 2 aromatic rings. The number of ether oxygens (including phenoxy) is 1. The van der Waals surface area contributed by atoms with Gasteiger partial charge < -0.3 is 15.4 Å². The summed E-state index contributed by atoms with van der Waals surface area (Å²) < 4.78 is 4.93. The van der Waals surface area contributed by atoms with Crippen LogP contribution >= 0.6 is 11.3 Å². The van der Waals surface area contributed by atoms with Crippen LogP contribution in [0.25, 0.3) is 6.08 Å². The molecule has 2 N–H and O–H groups in total. The number of rotatable bonds is 8. The third kappa shape index (κ3) is 5.98. The van der Waals surface area contributed by atoms with Crippen LogP contribution in [0, 0.1) is 0 Å². The predicted molar refractivity (Wildman–Crippen MR) is 97.3 cm³/mol. The number of anilines is 1. The molecule has 6 heteroatoms. The molecular weight excluding hydrogens is 324 g/mol. The average Bonchev–Trinajstić information content (AvgIpc) is 3.11. The van der Waals surface area contributed by atoms with Crippen LogP contribution in [0.15, 0.2) is 47.9 Å². The molecule has 0 saturated heterocycles. The Morgan fingerprint density at radius 2 is 2.00 bits per heavy atom. The van der Waals surface area contributed by atoms with E-state index in [4.69, 9.17) is 4.74 Å². The van der Waals surface area contributed by atoms with Crippen molar-refractivity contribution >= 4 is 34.9 Å². The van der Waals surface area contributed by atoms with Gasteiger partial charge in [0.1, 0.15) is 0 Å². The third-order valence-corrected chi connectivity index (χ3v) is 4.01. The van der Waals surface area contributed by atoms with Crippen LogP contribution < -0.4 is 10.6 Å². The molecule has 0 aliphatic carbocycles. The molecule has 5 nitrogen and oxygen atoms in total. The lowest BCUT2D eigenvalue weighted by molar-refractivity contribution is -0.111. The van der Waals surface area contributed by atoms with Crippen molar-refractivity contribution in [1.82, 2.24) is 5.32 Å². The van der Waals surface area contributed by atoms with E-state index in [0.717, 1.165) is 11.3 Å². The maximum absolute atomic E-state index is 11.9. The number of hydrogen-bond donors (Lipinski definition) is 2. The van der Waals surface area contributed by atoms with Crippen molar-refractivity contribution in [2.45, 2.75) is 6.42 Å². The van der Waals surface area contributed by atoms with Gasteiger partial charge in [0, 0.05) is 42.5 Å². The molecule has 1 aromatic carbocycles. The Morgan fingerprint density at radius 1 is 1.21 bits per heavy atom. The van der Waals surface area contributed by atoms with Crippen LogP contribution in [-0.2, 0) is 9.53 Å². The molecule has 126 valence electrons. The highest BCUT2D eigenvalue weighted by molar-refractivity contribution is 7.10. The predicted octanol–water partition coefficient (Wildman–Crippen LogP) is 3.17. The van der Waals surface area contributed by atoms with Crippen molar-refractivity contribution in [2.75, 3.05) is 25.6 Å². The Morgan fingerprint density at radius 3 is 2.67 bits per heavy atom. The molecule has 0 bridgehead atoms. The molecule has 0 saturated carbocycles. The lowest BCUT2D eigenvalue weighted by atomic mass is 10.2. The highest BCUT2D eigenvalue weighted by atomic mass is 32.1. The Hall–Kier alpha value is -2.44. The maximum Gasteiger partial charge on any atom is 0.251 e. The summed E-state index contributed by atoms with van der Waals surface area (Å²) in [5, 5.41) is 7.53. The molecule has 0 spiro atoms. The van der Waals surface area contributed by atoms with Crippen LogP contribution in [0.5, 0.6) is 0 Å². The summed E-state index contributed by atoms with van der Waals surface area (Å²) in [6.45, 7) is 1.18. The van der Waals surface area contributed by atoms with Gasteiger partial charge in [-0.25, -0.2) is 0 Å². The number of hydrogen-bond acceptors (Lipinski definition) is 4. The summed E-state index contributed by atoms with van der Waals surface area (Å²) in [4.78, 5) is 24.8. The average molecular weight is 344 g/mol. The van der Waals surface area contributed by atoms with Crippen LogP contribution in [-0.4, -0.2) is 32.1 Å². The fraction of sp³-hybridized carbons (Fsp3) is 0.222.